The molecule has 0 aliphatic heterocycles. The van der Waals surface area contributed by atoms with Crippen molar-refractivity contribution in [3.8, 4) is 0 Å². The summed E-state index contributed by atoms with van der Waals surface area (Å²) < 4.78 is 28.6. The van der Waals surface area contributed by atoms with Gasteiger partial charge in [-0.1, -0.05) is 48.0 Å². The number of amides is 1. The molecule has 33 heavy (non-hydrogen) atoms. The molecule has 1 atom stereocenters. The fourth-order valence-corrected chi connectivity index (χ4v) is 5.78. The van der Waals surface area contributed by atoms with Crippen LogP contribution in [0.5, 0.6) is 0 Å². The summed E-state index contributed by atoms with van der Waals surface area (Å²) in [5, 5.41) is 3.03. The average molecular weight is 483 g/mol. The van der Waals surface area contributed by atoms with E-state index in [4.69, 9.17) is 11.6 Å². The molecule has 1 aliphatic rings. The zero-order valence-electron chi connectivity index (χ0n) is 18.7. The molecule has 0 saturated heterocycles. The van der Waals surface area contributed by atoms with E-state index in [9.17, 15) is 13.2 Å². The van der Waals surface area contributed by atoms with Crippen molar-refractivity contribution >= 4 is 33.2 Å². The number of aryl methyl sites for hydroxylation is 3. The molecular weight excluding hydrogens is 456 g/mol. The molecule has 172 valence electrons. The molecule has 0 radical (unpaired) electrons. The standard InChI is InChI=1S/C26H27ClN2O3S/c1-17-7-3-6-10-24(17)29-33(31,32)25-16-22(13-14-23(25)27)26(30)28-18(2)20-12-11-19-8-4-5-9-21(19)15-20/h3,6-7,10-16,18,29H,4-5,8-9H2,1-2H3,(H,28,30). The van der Waals surface area contributed by atoms with E-state index in [2.05, 4.69) is 28.2 Å². The molecule has 1 amide bonds. The van der Waals surface area contributed by atoms with Gasteiger partial charge in [0.2, 0.25) is 0 Å². The van der Waals surface area contributed by atoms with Gasteiger partial charge in [0.25, 0.3) is 15.9 Å². The normalized spacial score (nSPS) is 14.3. The zero-order valence-corrected chi connectivity index (χ0v) is 20.3. The maximum Gasteiger partial charge on any atom is 0.263 e. The Morgan fingerprint density at radius 2 is 1.70 bits per heavy atom. The van der Waals surface area contributed by atoms with Gasteiger partial charge in [0.1, 0.15) is 4.90 Å². The number of sulfonamides is 1. The predicted octanol–water partition coefficient (Wildman–Crippen LogP) is 5.82. The molecule has 0 heterocycles. The summed E-state index contributed by atoms with van der Waals surface area (Å²) >= 11 is 6.21. The molecule has 0 fully saturated rings. The summed E-state index contributed by atoms with van der Waals surface area (Å²) in [6, 6.07) is 17.5. The highest BCUT2D eigenvalue weighted by atomic mass is 35.5. The van der Waals surface area contributed by atoms with Crippen LogP contribution in [0.25, 0.3) is 0 Å². The highest BCUT2D eigenvalue weighted by Gasteiger charge is 2.22. The third-order valence-electron chi connectivity index (χ3n) is 6.09. The van der Waals surface area contributed by atoms with Crippen LogP contribution in [0.15, 0.2) is 65.6 Å². The van der Waals surface area contributed by atoms with Crippen LogP contribution in [0, 0.1) is 6.92 Å². The molecular formula is C26H27ClN2O3S. The van der Waals surface area contributed by atoms with Crippen molar-refractivity contribution in [2.24, 2.45) is 0 Å². The molecule has 3 aromatic carbocycles. The van der Waals surface area contributed by atoms with Crippen LogP contribution in [0.2, 0.25) is 5.02 Å². The molecule has 3 aromatic rings. The van der Waals surface area contributed by atoms with Gasteiger partial charge in [-0.05, 0) is 86.1 Å². The van der Waals surface area contributed by atoms with Crippen molar-refractivity contribution in [3.63, 3.8) is 0 Å². The van der Waals surface area contributed by atoms with Gasteiger partial charge in [-0.15, -0.1) is 0 Å². The van der Waals surface area contributed by atoms with E-state index < -0.39 is 10.0 Å². The maximum atomic E-state index is 13.0. The lowest BCUT2D eigenvalue weighted by Gasteiger charge is -2.20. The fourth-order valence-electron chi connectivity index (χ4n) is 4.12. The van der Waals surface area contributed by atoms with Gasteiger partial charge in [0, 0.05) is 5.56 Å². The summed E-state index contributed by atoms with van der Waals surface area (Å²) in [5.41, 5.74) is 5.25. The number of nitrogens with one attached hydrogen (secondary N) is 2. The highest BCUT2D eigenvalue weighted by Crippen LogP contribution is 2.28. The van der Waals surface area contributed by atoms with Gasteiger partial charge in [-0.3, -0.25) is 9.52 Å². The summed E-state index contributed by atoms with van der Waals surface area (Å²) in [7, 11) is -3.98. The second kappa shape index (κ2) is 9.57. The van der Waals surface area contributed by atoms with Crippen molar-refractivity contribution in [1.82, 2.24) is 5.32 Å². The predicted molar refractivity (Wildman–Crippen MR) is 132 cm³/mol. The second-order valence-corrected chi connectivity index (χ2v) is 10.6. The zero-order chi connectivity index (χ0) is 23.6. The van der Waals surface area contributed by atoms with Crippen molar-refractivity contribution in [3.05, 3.63) is 93.5 Å². The lowest BCUT2D eigenvalue weighted by atomic mass is 9.89. The van der Waals surface area contributed by atoms with E-state index in [-0.39, 0.29) is 27.4 Å². The first kappa shape index (κ1) is 23.3. The largest absolute Gasteiger partial charge is 0.346 e. The Kier molecular flexibility index (Phi) is 6.77. The van der Waals surface area contributed by atoms with Gasteiger partial charge < -0.3 is 5.32 Å². The molecule has 1 aliphatic carbocycles. The molecule has 0 saturated carbocycles. The molecule has 2 N–H and O–H groups in total. The van der Waals surface area contributed by atoms with Crippen molar-refractivity contribution in [2.75, 3.05) is 4.72 Å². The number of para-hydroxylation sites is 1. The molecule has 4 rings (SSSR count). The number of anilines is 1. The number of carbonyl (C=O) groups is 1. The van der Waals surface area contributed by atoms with Crippen LogP contribution in [-0.2, 0) is 22.9 Å². The minimum absolute atomic E-state index is 0.0513. The number of halogens is 1. The molecule has 0 aromatic heterocycles. The van der Waals surface area contributed by atoms with Crippen LogP contribution in [0.4, 0.5) is 5.69 Å². The SMILES string of the molecule is Cc1ccccc1NS(=O)(=O)c1cc(C(=O)NC(C)c2ccc3c(c2)CCCC3)ccc1Cl. The Morgan fingerprint density at radius 1 is 0.970 bits per heavy atom. The van der Waals surface area contributed by atoms with E-state index in [0.29, 0.717) is 5.69 Å². The minimum Gasteiger partial charge on any atom is -0.346 e. The van der Waals surface area contributed by atoms with Crippen LogP contribution in [0.3, 0.4) is 0 Å². The van der Waals surface area contributed by atoms with E-state index in [1.54, 1.807) is 12.1 Å². The summed E-state index contributed by atoms with van der Waals surface area (Å²) in [6.45, 7) is 3.74. The Balaban J connectivity index is 1.54. The van der Waals surface area contributed by atoms with E-state index in [1.807, 2.05) is 26.0 Å². The highest BCUT2D eigenvalue weighted by molar-refractivity contribution is 7.92. The van der Waals surface area contributed by atoms with Gasteiger partial charge in [0.05, 0.1) is 16.8 Å². The first-order valence-electron chi connectivity index (χ1n) is 11.0. The Morgan fingerprint density at radius 3 is 2.45 bits per heavy atom. The first-order chi connectivity index (χ1) is 15.7. The van der Waals surface area contributed by atoms with E-state index >= 15 is 0 Å². The first-order valence-corrected chi connectivity index (χ1v) is 12.9. The molecule has 7 heteroatoms. The Labute approximate surface area is 200 Å². The quantitative estimate of drug-likeness (QED) is 0.465. The van der Waals surface area contributed by atoms with Crippen LogP contribution in [-0.4, -0.2) is 14.3 Å². The van der Waals surface area contributed by atoms with Crippen LogP contribution in [0.1, 0.15) is 58.4 Å². The smallest absolute Gasteiger partial charge is 0.263 e. The van der Waals surface area contributed by atoms with Crippen LogP contribution >= 0.6 is 11.6 Å². The molecule has 5 nitrogen and oxygen atoms in total. The number of hydrogen-bond donors (Lipinski definition) is 2. The number of benzene rings is 3. The number of fused-ring (bicyclic) bond motifs is 1. The third-order valence-corrected chi connectivity index (χ3v) is 7.94. The van der Waals surface area contributed by atoms with E-state index in [1.165, 1.54) is 42.2 Å². The third kappa shape index (κ3) is 5.23. The number of hydrogen-bond acceptors (Lipinski definition) is 3. The van der Waals surface area contributed by atoms with E-state index in [0.717, 1.165) is 24.0 Å². The molecule has 0 bridgehead atoms. The fraction of sp³-hybridized carbons (Fsp3) is 0.269. The topological polar surface area (TPSA) is 75.3 Å². The molecule has 1 unspecified atom stereocenters. The summed E-state index contributed by atoms with van der Waals surface area (Å²) in [5.74, 6) is -0.357. The summed E-state index contributed by atoms with van der Waals surface area (Å²) in [4.78, 5) is 12.8. The number of carbonyl (C=O) groups excluding carboxylic acids is 1. The average Bonchev–Trinajstić information content (AvgIpc) is 2.80. The monoisotopic (exact) mass is 482 g/mol. The minimum atomic E-state index is -3.98. The molecule has 0 spiro atoms. The Bertz CT molecular complexity index is 1300. The van der Waals surface area contributed by atoms with Gasteiger partial charge in [0.15, 0.2) is 0 Å². The number of rotatable bonds is 6. The maximum absolute atomic E-state index is 13.0. The second-order valence-electron chi connectivity index (χ2n) is 8.50. The van der Waals surface area contributed by atoms with Gasteiger partial charge in [-0.2, -0.15) is 0 Å². The van der Waals surface area contributed by atoms with Gasteiger partial charge >= 0.3 is 0 Å². The van der Waals surface area contributed by atoms with Gasteiger partial charge in [-0.25, -0.2) is 8.42 Å². The lowest BCUT2D eigenvalue weighted by molar-refractivity contribution is 0.0939. The van der Waals surface area contributed by atoms with Crippen molar-refractivity contribution in [2.45, 2.75) is 50.5 Å². The summed E-state index contributed by atoms with van der Waals surface area (Å²) in [6.07, 6.45) is 4.58. The lowest BCUT2D eigenvalue weighted by Crippen LogP contribution is -2.27. The van der Waals surface area contributed by atoms with Crippen molar-refractivity contribution < 1.29 is 13.2 Å². The van der Waals surface area contributed by atoms with Crippen LogP contribution < -0.4 is 10.0 Å². The van der Waals surface area contributed by atoms with Crippen molar-refractivity contribution in [1.29, 1.82) is 0 Å². The Hall–Kier alpha value is -2.83.